The van der Waals surface area contributed by atoms with E-state index in [1.54, 1.807) is 17.0 Å². The summed E-state index contributed by atoms with van der Waals surface area (Å²) in [6.07, 6.45) is 3.58. The molecule has 1 aromatic rings. The van der Waals surface area contributed by atoms with Gasteiger partial charge in [0, 0.05) is 17.6 Å². The van der Waals surface area contributed by atoms with Crippen LogP contribution < -0.4 is 4.74 Å². The van der Waals surface area contributed by atoms with Gasteiger partial charge in [-0.25, -0.2) is 9.18 Å². The van der Waals surface area contributed by atoms with Crippen LogP contribution >= 0.6 is 15.9 Å². The predicted octanol–water partition coefficient (Wildman–Crippen LogP) is 5.15. The zero-order valence-corrected chi connectivity index (χ0v) is 16.6. The third-order valence-electron chi connectivity index (χ3n) is 4.98. The maximum atomic E-state index is 13.9. The van der Waals surface area contributed by atoms with Crippen LogP contribution in [0.1, 0.15) is 46.5 Å². The van der Waals surface area contributed by atoms with Crippen LogP contribution in [0, 0.1) is 11.2 Å². The van der Waals surface area contributed by atoms with Gasteiger partial charge < -0.3 is 14.4 Å². The molecule has 0 unspecified atom stereocenters. The maximum absolute atomic E-state index is 13.9. The van der Waals surface area contributed by atoms with Crippen molar-refractivity contribution in [2.75, 3.05) is 13.1 Å². The lowest BCUT2D eigenvalue weighted by molar-refractivity contribution is -0.0593. The second kappa shape index (κ2) is 6.78. The zero-order valence-electron chi connectivity index (χ0n) is 15.0. The minimum absolute atomic E-state index is 0.0590. The number of nitrogens with zero attached hydrogens (tertiary/aromatic N) is 1. The van der Waals surface area contributed by atoms with Crippen LogP contribution in [0.25, 0.3) is 0 Å². The number of ether oxygens (including phenoxy) is 2. The van der Waals surface area contributed by atoms with E-state index < -0.39 is 5.60 Å². The molecule has 0 aromatic heterocycles. The Morgan fingerprint density at radius 3 is 2.48 bits per heavy atom. The van der Waals surface area contributed by atoms with E-state index >= 15 is 0 Å². The monoisotopic (exact) mass is 413 g/mol. The fraction of sp³-hybridized carbons (Fsp3) is 0.632. The van der Waals surface area contributed by atoms with Crippen molar-refractivity contribution in [1.82, 2.24) is 4.90 Å². The third-order valence-corrected chi connectivity index (χ3v) is 5.48. The van der Waals surface area contributed by atoms with Gasteiger partial charge in [0.25, 0.3) is 0 Å². The van der Waals surface area contributed by atoms with Crippen molar-refractivity contribution in [1.29, 1.82) is 0 Å². The van der Waals surface area contributed by atoms with E-state index in [2.05, 4.69) is 15.9 Å². The van der Waals surface area contributed by atoms with Crippen LogP contribution in [-0.2, 0) is 4.74 Å². The molecule has 1 heterocycles. The van der Waals surface area contributed by atoms with E-state index in [-0.39, 0.29) is 23.4 Å². The van der Waals surface area contributed by atoms with Crippen LogP contribution in [0.15, 0.2) is 22.7 Å². The van der Waals surface area contributed by atoms with Crippen LogP contribution in [0.3, 0.4) is 0 Å². The summed E-state index contributed by atoms with van der Waals surface area (Å²) >= 11 is 3.25. The molecule has 4 nitrogen and oxygen atoms in total. The number of halogens is 2. The lowest BCUT2D eigenvalue weighted by Crippen LogP contribution is -2.52. The molecule has 0 N–H and O–H groups in total. The summed E-state index contributed by atoms with van der Waals surface area (Å²) in [5, 5.41) is 0. The molecule has 0 atom stereocenters. The highest BCUT2D eigenvalue weighted by atomic mass is 79.9. The number of benzene rings is 1. The van der Waals surface area contributed by atoms with Gasteiger partial charge in [-0.3, -0.25) is 0 Å². The summed E-state index contributed by atoms with van der Waals surface area (Å²) in [5.41, 5.74) is -0.231. The minimum atomic E-state index is -0.462. The Labute approximate surface area is 156 Å². The molecule has 1 spiro atoms. The first-order chi connectivity index (χ1) is 11.7. The molecule has 0 bridgehead atoms. The fourth-order valence-corrected chi connectivity index (χ4v) is 3.97. The number of amides is 1. The summed E-state index contributed by atoms with van der Waals surface area (Å²) in [5.74, 6) is -0.0238. The molecule has 2 fully saturated rings. The number of rotatable bonds is 2. The first kappa shape index (κ1) is 18.5. The summed E-state index contributed by atoms with van der Waals surface area (Å²) in [6.45, 7) is 7.07. The number of likely N-dealkylation sites (tertiary alicyclic amines) is 1. The number of carbonyl (C=O) groups is 1. The van der Waals surface area contributed by atoms with Crippen LogP contribution in [-0.4, -0.2) is 35.8 Å². The molecule has 1 aliphatic heterocycles. The van der Waals surface area contributed by atoms with E-state index in [4.69, 9.17) is 9.47 Å². The molecular weight excluding hydrogens is 389 g/mol. The highest BCUT2D eigenvalue weighted by Gasteiger charge is 2.48. The summed E-state index contributed by atoms with van der Waals surface area (Å²) in [6, 6.07) is 4.87. The molecule has 0 radical (unpaired) electrons. The van der Waals surface area contributed by atoms with Gasteiger partial charge in [-0.1, -0.05) is 15.9 Å². The SMILES string of the molecule is CC(C)(C)OC(=O)N1CCC2(CC1)CC(Oc1ccc(Br)cc1F)C2. The first-order valence-corrected chi connectivity index (χ1v) is 9.55. The Morgan fingerprint density at radius 2 is 1.92 bits per heavy atom. The molecule has 1 aliphatic carbocycles. The van der Waals surface area contributed by atoms with Gasteiger partial charge in [-0.15, -0.1) is 0 Å². The van der Waals surface area contributed by atoms with Gasteiger partial charge in [-0.05, 0) is 70.1 Å². The van der Waals surface area contributed by atoms with Crippen LogP contribution in [0.4, 0.5) is 9.18 Å². The van der Waals surface area contributed by atoms with Gasteiger partial charge in [0.2, 0.25) is 0 Å². The summed E-state index contributed by atoms with van der Waals surface area (Å²) in [7, 11) is 0. The van der Waals surface area contributed by atoms with Crippen molar-refractivity contribution in [3.63, 3.8) is 0 Å². The van der Waals surface area contributed by atoms with E-state index in [9.17, 15) is 9.18 Å². The second-order valence-electron chi connectivity index (χ2n) is 8.19. The Kier molecular flexibility index (Phi) is 5.02. The summed E-state index contributed by atoms with van der Waals surface area (Å²) < 4.78 is 25.8. The van der Waals surface area contributed by atoms with Crippen molar-refractivity contribution >= 4 is 22.0 Å². The van der Waals surface area contributed by atoms with Crippen molar-refractivity contribution in [3.05, 3.63) is 28.5 Å². The van der Waals surface area contributed by atoms with Crippen molar-refractivity contribution < 1.29 is 18.7 Å². The van der Waals surface area contributed by atoms with Crippen LogP contribution in [0.5, 0.6) is 5.75 Å². The topological polar surface area (TPSA) is 38.8 Å². The predicted molar refractivity (Wildman–Crippen MR) is 97.2 cm³/mol. The standard InChI is InChI=1S/C19H25BrFNO3/c1-18(2,3)25-17(23)22-8-6-19(7-9-22)11-14(12-19)24-16-5-4-13(20)10-15(16)21/h4-5,10,14H,6-9,11-12H2,1-3H3. The molecule has 6 heteroatoms. The molecule has 1 saturated heterocycles. The fourth-order valence-electron chi connectivity index (χ4n) is 3.64. The van der Waals surface area contributed by atoms with Gasteiger partial charge in [0.15, 0.2) is 11.6 Å². The number of hydrogen-bond acceptors (Lipinski definition) is 3. The van der Waals surface area contributed by atoms with Crippen LogP contribution in [0.2, 0.25) is 0 Å². The molecule has 1 saturated carbocycles. The molecule has 25 heavy (non-hydrogen) atoms. The number of hydrogen-bond donors (Lipinski definition) is 0. The lowest BCUT2D eigenvalue weighted by atomic mass is 9.61. The molecule has 2 aliphatic rings. The van der Waals surface area contributed by atoms with Crippen molar-refractivity contribution in [2.24, 2.45) is 5.41 Å². The largest absolute Gasteiger partial charge is 0.487 e. The normalized spacial score (nSPS) is 20.3. The molecule has 1 amide bonds. The zero-order chi connectivity index (χ0) is 18.2. The van der Waals surface area contributed by atoms with Gasteiger partial charge >= 0.3 is 6.09 Å². The number of carbonyl (C=O) groups excluding carboxylic acids is 1. The van der Waals surface area contributed by atoms with Crippen molar-refractivity contribution in [2.45, 2.75) is 58.2 Å². The third kappa shape index (κ3) is 4.46. The van der Waals surface area contributed by atoms with E-state index in [1.807, 2.05) is 20.8 Å². The average Bonchev–Trinajstić information content (AvgIpc) is 2.47. The molecule has 3 rings (SSSR count). The van der Waals surface area contributed by atoms with E-state index in [1.165, 1.54) is 6.07 Å². The van der Waals surface area contributed by atoms with Gasteiger partial charge in [-0.2, -0.15) is 0 Å². The molecule has 138 valence electrons. The Hall–Kier alpha value is -1.30. The number of piperidine rings is 1. The Bertz CT molecular complexity index is 643. The average molecular weight is 414 g/mol. The maximum Gasteiger partial charge on any atom is 0.410 e. The Morgan fingerprint density at radius 1 is 1.28 bits per heavy atom. The van der Waals surface area contributed by atoms with E-state index in [0.29, 0.717) is 23.3 Å². The highest BCUT2D eigenvalue weighted by molar-refractivity contribution is 9.10. The van der Waals surface area contributed by atoms with Gasteiger partial charge in [0.1, 0.15) is 5.60 Å². The lowest BCUT2D eigenvalue weighted by Gasteiger charge is -2.51. The van der Waals surface area contributed by atoms with Crippen molar-refractivity contribution in [3.8, 4) is 5.75 Å². The first-order valence-electron chi connectivity index (χ1n) is 8.75. The second-order valence-corrected chi connectivity index (χ2v) is 9.11. The summed E-state index contributed by atoms with van der Waals surface area (Å²) in [4.78, 5) is 13.9. The smallest absolute Gasteiger partial charge is 0.410 e. The molecular formula is C19H25BrFNO3. The Balaban J connectivity index is 1.47. The van der Waals surface area contributed by atoms with E-state index in [0.717, 1.165) is 25.7 Å². The molecule has 1 aromatic carbocycles. The highest BCUT2D eigenvalue weighted by Crippen LogP contribution is 2.50. The minimum Gasteiger partial charge on any atom is -0.487 e. The quantitative estimate of drug-likeness (QED) is 0.672. The van der Waals surface area contributed by atoms with Gasteiger partial charge in [0.05, 0.1) is 6.10 Å².